The van der Waals surface area contributed by atoms with Gasteiger partial charge in [-0.15, -0.1) is 11.6 Å². The van der Waals surface area contributed by atoms with Gasteiger partial charge in [0.05, 0.1) is 11.9 Å². The highest BCUT2D eigenvalue weighted by Crippen LogP contribution is 2.16. The molecule has 1 heterocycles. The molecule has 90 valence electrons. The maximum Gasteiger partial charge on any atom is 0.0677 e. The van der Waals surface area contributed by atoms with Gasteiger partial charge in [0.2, 0.25) is 0 Å². The van der Waals surface area contributed by atoms with Crippen LogP contribution in [0.1, 0.15) is 23.1 Å². The molecule has 0 atom stereocenters. The third kappa shape index (κ3) is 2.89. The van der Waals surface area contributed by atoms with Gasteiger partial charge in [0.25, 0.3) is 0 Å². The summed E-state index contributed by atoms with van der Waals surface area (Å²) in [6, 6.07) is 6.41. The Bertz CT molecular complexity index is 503. The van der Waals surface area contributed by atoms with Crippen LogP contribution in [-0.4, -0.2) is 15.7 Å². The van der Waals surface area contributed by atoms with E-state index in [9.17, 15) is 0 Å². The summed E-state index contributed by atoms with van der Waals surface area (Å²) >= 11 is 5.69. The van der Waals surface area contributed by atoms with Crippen LogP contribution in [0.2, 0.25) is 0 Å². The van der Waals surface area contributed by atoms with Gasteiger partial charge in [-0.05, 0) is 49.4 Å². The van der Waals surface area contributed by atoms with Gasteiger partial charge in [0.15, 0.2) is 0 Å². The fourth-order valence-corrected chi connectivity index (χ4v) is 1.99. The van der Waals surface area contributed by atoms with Crippen LogP contribution in [0.25, 0.3) is 5.69 Å². The van der Waals surface area contributed by atoms with E-state index >= 15 is 0 Å². The largest absolute Gasteiger partial charge is 0.240 e. The van der Waals surface area contributed by atoms with E-state index in [4.69, 9.17) is 11.6 Å². The first kappa shape index (κ1) is 12.2. The van der Waals surface area contributed by atoms with Crippen molar-refractivity contribution in [2.75, 3.05) is 5.88 Å². The second-order valence-electron chi connectivity index (χ2n) is 4.38. The quantitative estimate of drug-likeness (QED) is 0.755. The molecule has 0 aliphatic rings. The topological polar surface area (TPSA) is 17.8 Å². The molecule has 0 radical (unpaired) electrons. The van der Waals surface area contributed by atoms with E-state index in [1.807, 2.05) is 10.9 Å². The van der Waals surface area contributed by atoms with Crippen molar-refractivity contribution in [1.82, 2.24) is 9.78 Å². The molecule has 0 fully saturated rings. The molecule has 0 bridgehead atoms. The van der Waals surface area contributed by atoms with Crippen LogP contribution in [0, 0.1) is 13.8 Å². The molecule has 2 aromatic rings. The first-order chi connectivity index (χ1) is 8.20. The van der Waals surface area contributed by atoms with Gasteiger partial charge < -0.3 is 0 Å². The number of aryl methyl sites for hydroxylation is 3. The van der Waals surface area contributed by atoms with E-state index in [-0.39, 0.29) is 0 Å². The minimum Gasteiger partial charge on any atom is -0.240 e. The van der Waals surface area contributed by atoms with E-state index in [1.54, 1.807) is 0 Å². The Labute approximate surface area is 107 Å². The lowest BCUT2D eigenvalue weighted by Gasteiger charge is -2.06. The molecule has 3 heteroatoms. The van der Waals surface area contributed by atoms with Crippen molar-refractivity contribution in [2.45, 2.75) is 26.7 Å². The second kappa shape index (κ2) is 5.37. The van der Waals surface area contributed by atoms with E-state index in [0.717, 1.165) is 18.5 Å². The van der Waals surface area contributed by atoms with Gasteiger partial charge >= 0.3 is 0 Å². The highest BCUT2D eigenvalue weighted by molar-refractivity contribution is 6.17. The molecule has 0 saturated heterocycles. The predicted molar refractivity (Wildman–Crippen MR) is 72.1 cm³/mol. The minimum absolute atomic E-state index is 0.703. The number of alkyl halides is 1. The summed E-state index contributed by atoms with van der Waals surface area (Å²) in [5, 5.41) is 4.41. The number of hydrogen-bond acceptors (Lipinski definition) is 1. The number of halogens is 1. The number of aromatic nitrogens is 2. The zero-order chi connectivity index (χ0) is 12.3. The average Bonchev–Trinajstić information content (AvgIpc) is 2.78. The molecule has 0 N–H and O–H groups in total. The average molecular weight is 249 g/mol. The molecule has 1 aromatic carbocycles. The van der Waals surface area contributed by atoms with Crippen molar-refractivity contribution in [2.24, 2.45) is 0 Å². The van der Waals surface area contributed by atoms with Crippen molar-refractivity contribution in [3.8, 4) is 5.69 Å². The maximum absolute atomic E-state index is 5.69. The molecule has 0 aliphatic heterocycles. The monoisotopic (exact) mass is 248 g/mol. The molecular weight excluding hydrogens is 232 g/mol. The van der Waals surface area contributed by atoms with Gasteiger partial charge in [-0.1, -0.05) is 12.1 Å². The van der Waals surface area contributed by atoms with E-state index in [1.165, 1.54) is 16.7 Å². The Morgan fingerprint density at radius 3 is 2.88 bits per heavy atom. The van der Waals surface area contributed by atoms with Crippen molar-refractivity contribution in [1.29, 1.82) is 0 Å². The Hall–Kier alpha value is -1.28. The third-order valence-corrected chi connectivity index (χ3v) is 3.11. The van der Waals surface area contributed by atoms with Gasteiger partial charge in [-0.25, -0.2) is 4.68 Å². The third-order valence-electron chi connectivity index (χ3n) is 2.85. The zero-order valence-corrected chi connectivity index (χ0v) is 11.0. The summed E-state index contributed by atoms with van der Waals surface area (Å²) < 4.78 is 1.95. The summed E-state index contributed by atoms with van der Waals surface area (Å²) in [4.78, 5) is 0. The molecule has 1 aromatic heterocycles. The van der Waals surface area contributed by atoms with Crippen molar-refractivity contribution in [3.63, 3.8) is 0 Å². The molecule has 0 unspecified atom stereocenters. The molecular formula is C14H17ClN2. The number of hydrogen-bond donors (Lipinski definition) is 0. The number of benzene rings is 1. The standard InChI is InChI=1S/C14H17ClN2/c1-11-5-6-12(2)14(8-11)17-10-13(9-16-17)4-3-7-15/h5-6,8-10H,3-4,7H2,1-2H3. The fraction of sp³-hybridized carbons (Fsp3) is 0.357. The first-order valence-corrected chi connectivity index (χ1v) is 6.41. The van der Waals surface area contributed by atoms with Crippen molar-refractivity contribution >= 4 is 11.6 Å². The van der Waals surface area contributed by atoms with Gasteiger partial charge in [-0.2, -0.15) is 5.10 Å². The SMILES string of the molecule is Cc1ccc(C)c(-n2cc(CCCCl)cn2)c1. The number of rotatable bonds is 4. The minimum atomic E-state index is 0.703. The molecule has 0 saturated carbocycles. The van der Waals surface area contributed by atoms with Crippen LogP contribution >= 0.6 is 11.6 Å². The fourth-order valence-electron chi connectivity index (χ4n) is 1.86. The van der Waals surface area contributed by atoms with Gasteiger partial charge in [-0.3, -0.25) is 0 Å². The molecule has 0 spiro atoms. The van der Waals surface area contributed by atoms with Gasteiger partial charge in [0.1, 0.15) is 0 Å². The molecule has 2 nitrogen and oxygen atoms in total. The molecule has 0 aliphatic carbocycles. The highest BCUT2D eigenvalue weighted by atomic mass is 35.5. The summed E-state index contributed by atoms with van der Waals surface area (Å²) in [6.45, 7) is 4.20. The van der Waals surface area contributed by atoms with Crippen LogP contribution in [0.4, 0.5) is 0 Å². The molecule has 17 heavy (non-hydrogen) atoms. The maximum atomic E-state index is 5.69. The predicted octanol–water partition coefficient (Wildman–Crippen LogP) is 3.66. The van der Waals surface area contributed by atoms with Crippen LogP contribution in [0.5, 0.6) is 0 Å². The normalized spacial score (nSPS) is 10.8. The second-order valence-corrected chi connectivity index (χ2v) is 4.75. The van der Waals surface area contributed by atoms with Crippen LogP contribution < -0.4 is 0 Å². The Balaban J connectivity index is 2.27. The van der Waals surface area contributed by atoms with Crippen molar-refractivity contribution in [3.05, 3.63) is 47.3 Å². The summed E-state index contributed by atoms with van der Waals surface area (Å²) in [5.41, 5.74) is 4.89. The summed E-state index contributed by atoms with van der Waals surface area (Å²) in [7, 11) is 0. The smallest absolute Gasteiger partial charge is 0.0677 e. The highest BCUT2D eigenvalue weighted by Gasteiger charge is 2.04. The van der Waals surface area contributed by atoms with Crippen LogP contribution in [-0.2, 0) is 6.42 Å². The summed E-state index contributed by atoms with van der Waals surface area (Å²) in [5.74, 6) is 0.703. The van der Waals surface area contributed by atoms with Gasteiger partial charge in [0, 0.05) is 12.1 Å². The summed E-state index contributed by atoms with van der Waals surface area (Å²) in [6.07, 6.45) is 6.01. The first-order valence-electron chi connectivity index (χ1n) is 5.88. The van der Waals surface area contributed by atoms with Crippen LogP contribution in [0.3, 0.4) is 0 Å². The number of nitrogens with zero attached hydrogens (tertiary/aromatic N) is 2. The van der Waals surface area contributed by atoms with E-state index < -0.39 is 0 Å². The molecule has 0 amide bonds. The van der Waals surface area contributed by atoms with Crippen LogP contribution in [0.15, 0.2) is 30.6 Å². The van der Waals surface area contributed by atoms with E-state index in [0.29, 0.717) is 5.88 Å². The Kier molecular flexibility index (Phi) is 3.85. The van der Waals surface area contributed by atoms with Crippen molar-refractivity contribution < 1.29 is 0 Å². The lowest BCUT2D eigenvalue weighted by Crippen LogP contribution is -1.97. The Morgan fingerprint density at radius 1 is 1.29 bits per heavy atom. The van der Waals surface area contributed by atoms with E-state index in [2.05, 4.69) is 43.3 Å². The molecule has 2 rings (SSSR count). The Morgan fingerprint density at radius 2 is 2.12 bits per heavy atom. The lowest BCUT2D eigenvalue weighted by molar-refractivity contribution is 0.868. The lowest BCUT2D eigenvalue weighted by atomic mass is 10.1. The zero-order valence-electron chi connectivity index (χ0n) is 10.3.